The molecule has 3 aliphatic rings. The van der Waals surface area contributed by atoms with E-state index in [0.29, 0.717) is 29.1 Å². The molecule has 0 spiro atoms. The minimum absolute atomic E-state index is 0.0465. The summed E-state index contributed by atoms with van der Waals surface area (Å²) in [4.78, 5) is 29.7. The molecule has 2 aromatic rings. The van der Waals surface area contributed by atoms with E-state index in [0.717, 1.165) is 48.9 Å². The van der Waals surface area contributed by atoms with Crippen molar-refractivity contribution in [2.75, 3.05) is 33.2 Å². The minimum atomic E-state index is -0.125. The standard InChI is InChI=1S/C26H26ClN3O3/c1-29-10-3-11-30(13-12-29)26(32)18-5-2-4-17(14-18)24-9-7-20(33-24)16-22-21-15-19(27)6-8-23(21)28-25(22)31/h2,4-9,14,16,21H,3,10-13,15H2,1H3,(H,28,31). The highest BCUT2D eigenvalue weighted by atomic mass is 35.5. The van der Waals surface area contributed by atoms with Gasteiger partial charge in [-0.1, -0.05) is 23.7 Å². The summed E-state index contributed by atoms with van der Waals surface area (Å²) in [7, 11) is 2.09. The molecule has 7 heteroatoms. The van der Waals surface area contributed by atoms with E-state index in [1.165, 1.54) is 0 Å². The first-order chi connectivity index (χ1) is 16.0. The van der Waals surface area contributed by atoms with Gasteiger partial charge in [0.15, 0.2) is 0 Å². The van der Waals surface area contributed by atoms with Gasteiger partial charge in [-0.2, -0.15) is 0 Å². The lowest BCUT2D eigenvalue weighted by atomic mass is 9.92. The number of benzene rings is 1. The fraction of sp³-hybridized carbons (Fsp3) is 0.308. The molecule has 1 N–H and O–H groups in total. The molecule has 33 heavy (non-hydrogen) atoms. The van der Waals surface area contributed by atoms with Gasteiger partial charge < -0.3 is 19.5 Å². The predicted molar refractivity (Wildman–Crippen MR) is 128 cm³/mol. The van der Waals surface area contributed by atoms with Crippen LogP contribution in [-0.4, -0.2) is 54.8 Å². The first-order valence-electron chi connectivity index (χ1n) is 11.3. The molecule has 2 fully saturated rings. The molecule has 0 saturated carbocycles. The molecule has 1 aliphatic carbocycles. The van der Waals surface area contributed by atoms with E-state index in [-0.39, 0.29) is 17.7 Å². The van der Waals surface area contributed by atoms with E-state index >= 15 is 0 Å². The van der Waals surface area contributed by atoms with Crippen LogP contribution in [0, 0.1) is 5.92 Å². The highest BCUT2D eigenvalue weighted by Gasteiger charge is 2.34. The van der Waals surface area contributed by atoms with E-state index in [1.54, 1.807) is 6.08 Å². The summed E-state index contributed by atoms with van der Waals surface area (Å²) in [5, 5.41) is 3.63. The van der Waals surface area contributed by atoms with Crippen LogP contribution in [0.25, 0.3) is 17.4 Å². The number of carbonyl (C=O) groups excluding carboxylic acids is 2. The molecule has 1 unspecified atom stereocenters. The second-order valence-electron chi connectivity index (χ2n) is 8.78. The summed E-state index contributed by atoms with van der Waals surface area (Å²) in [6.45, 7) is 3.39. The number of fused-ring (bicyclic) bond motifs is 1. The SMILES string of the molecule is CN1CCCN(C(=O)c2cccc(-c3ccc(C=C4C(=O)NC5=CC=C(Cl)CC54)o3)c2)CC1. The zero-order valence-corrected chi connectivity index (χ0v) is 19.3. The molecule has 6 nitrogen and oxygen atoms in total. The first-order valence-corrected chi connectivity index (χ1v) is 11.6. The lowest BCUT2D eigenvalue weighted by Crippen LogP contribution is -2.34. The Morgan fingerprint density at radius 2 is 2.03 bits per heavy atom. The summed E-state index contributed by atoms with van der Waals surface area (Å²) in [6, 6.07) is 11.2. The van der Waals surface area contributed by atoms with Crippen LogP contribution in [0.15, 0.2) is 69.3 Å². The molecule has 2 amide bonds. The van der Waals surface area contributed by atoms with Crippen LogP contribution < -0.4 is 5.32 Å². The van der Waals surface area contributed by atoms with Crippen LogP contribution in [0.4, 0.5) is 0 Å². The number of amides is 2. The Labute approximate surface area is 198 Å². The highest BCUT2D eigenvalue weighted by molar-refractivity contribution is 6.30. The average Bonchev–Trinajstić information content (AvgIpc) is 3.33. The zero-order chi connectivity index (χ0) is 22.9. The highest BCUT2D eigenvalue weighted by Crippen LogP contribution is 2.37. The maximum absolute atomic E-state index is 13.1. The van der Waals surface area contributed by atoms with E-state index in [4.69, 9.17) is 16.0 Å². The topological polar surface area (TPSA) is 65.8 Å². The maximum Gasteiger partial charge on any atom is 0.253 e. The normalized spacial score (nSPS) is 22.5. The number of nitrogens with zero attached hydrogens (tertiary/aromatic N) is 2. The molecule has 0 bridgehead atoms. The maximum atomic E-state index is 13.1. The third-order valence-corrected chi connectivity index (χ3v) is 6.72. The van der Waals surface area contributed by atoms with E-state index in [9.17, 15) is 9.59 Å². The average molecular weight is 464 g/mol. The van der Waals surface area contributed by atoms with Gasteiger partial charge in [0.05, 0.1) is 0 Å². The summed E-state index contributed by atoms with van der Waals surface area (Å²) in [5.74, 6) is 1.10. The van der Waals surface area contributed by atoms with Crippen LogP contribution in [-0.2, 0) is 4.79 Å². The number of allylic oxidation sites excluding steroid dienone is 4. The van der Waals surface area contributed by atoms with E-state index in [2.05, 4.69) is 17.3 Å². The van der Waals surface area contributed by atoms with Crippen molar-refractivity contribution in [1.29, 1.82) is 0 Å². The number of carbonyl (C=O) groups is 2. The van der Waals surface area contributed by atoms with Gasteiger partial charge in [0.2, 0.25) is 0 Å². The van der Waals surface area contributed by atoms with Crippen LogP contribution in [0.3, 0.4) is 0 Å². The van der Waals surface area contributed by atoms with Gasteiger partial charge in [-0.3, -0.25) is 9.59 Å². The fourth-order valence-corrected chi connectivity index (χ4v) is 4.80. The molecule has 1 aromatic heterocycles. The summed E-state index contributed by atoms with van der Waals surface area (Å²) >= 11 is 6.19. The smallest absolute Gasteiger partial charge is 0.253 e. The van der Waals surface area contributed by atoms with Gasteiger partial charge in [-0.15, -0.1) is 0 Å². The Hall–Kier alpha value is -3.09. The third kappa shape index (κ3) is 4.54. The van der Waals surface area contributed by atoms with Crippen molar-refractivity contribution in [3.8, 4) is 11.3 Å². The van der Waals surface area contributed by atoms with Crippen molar-refractivity contribution in [3.05, 3.63) is 76.2 Å². The summed E-state index contributed by atoms with van der Waals surface area (Å²) < 4.78 is 6.05. The number of rotatable bonds is 3. The van der Waals surface area contributed by atoms with Crippen molar-refractivity contribution in [3.63, 3.8) is 0 Å². The van der Waals surface area contributed by atoms with Crippen LogP contribution in [0.1, 0.15) is 29.0 Å². The van der Waals surface area contributed by atoms with Gasteiger partial charge in [0, 0.05) is 53.0 Å². The molecular weight excluding hydrogens is 438 g/mol. The largest absolute Gasteiger partial charge is 0.457 e. The van der Waals surface area contributed by atoms with E-state index in [1.807, 2.05) is 53.5 Å². The fourth-order valence-electron chi connectivity index (χ4n) is 4.58. The Morgan fingerprint density at radius 1 is 1.15 bits per heavy atom. The van der Waals surface area contributed by atoms with Crippen LogP contribution in [0.2, 0.25) is 0 Å². The third-order valence-electron chi connectivity index (χ3n) is 6.44. The quantitative estimate of drug-likeness (QED) is 0.690. The molecule has 2 aliphatic heterocycles. The molecule has 3 heterocycles. The van der Waals surface area contributed by atoms with Crippen molar-refractivity contribution < 1.29 is 14.0 Å². The molecule has 170 valence electrons. The van der Waals surface area contributed by atoms with Crippen LogP contribution in [0.5, 0.6) is 0 Å². The number of hydrogen-bond donors (Lipinski definition) is 1. The monoisotopic (exact) mass is 463 g/mol. The summed E-state index contributed by atoms with van der Waals surface area (Å²) in [6.07, 6.45) is 7.03. The molecule has 1 atom stereocenters. The number of furan rings is 1. The molecule has 5 rings (SSSR count). The summed E-state index contributed by atoms with van der Waals surface area (Å²) in [5.41, 5.74) is 3.00. The van der Waals surface area contributed by atoms with Crippen molar-refractivity contribution >= 4 is 29.5 Å². The first kappa shape index (κ1) is 21.7. The molecule has 2 saturated heterocycles. The molecule has 0 radical (unpaired) electrons. The number of halogens is 1. The van der Waals surface area contributed by atoms with Crippen molar-refractivity contribution in [2.45, 2.75) is 12.8 Å². The van der Waals surface area contributed by atoms with Crippen LogP contribution >= 0.6 is 11.6 Å². The van der Waals surface area contributed by atoms with Crippen molar-refractivity contribution in [1.82, 2.24) is 15.1 Å². The Kier molecular flexibility index (Phi) is 5.96. The number of likely N-dealkylation sites (N-methyl/N-ethyl adjacent to an activating group) is 1. The lowest BCUT2D eigenvalue weighted by molar-refractivity contribution is -0.115. The minimum Gasteiger partial charge on any atom is -0.457 e. The predicted octanol–water partition coefficient (Wildman–Crippen LogP) is 4.26. The van der Waals surface area contributed by atoms with Gasteiger partial charge >= 0.3 is 0 Å². The second-order valence-corrected chi connectivity index (χ2v) is 9.26. The Balaban J connectivity index is 1.36. The van der Waals surface area contributed by atoms with Gasteiger partial charge in [-0.25, -0.2) is 0 Å². The van der Waals surface area contributed by atoms with Gasteiger partial charge in [-0.05, 0) is 68.9 Å². The van der Waals surface area contributed by atoms with Gasteiger partial charge in [0.25, 0.3) is 11.8 Å². The molecule has 1 aromatic carbocycles. The Morgan fingerprint density at radius 3 is 2.91 bits per heavy atom. The Bertz CT molecular complexity index is 1190. The zero-order valence-electron chi connectivity index (χ0n) is 18.5. The number of nitrogens with one attached hydrogen (secondary N) is 1. The second kappa shape index (κ2) is 9.04. The van der Waals surface area contributed by atoms with Gasteiger partial charge in [0.1, 0.15) is 11.5 Å². The van der Waals surface area contributed by atoms with Crippen molar-refractivity contribution in [2.24, 2.45) is 5.92 Å². The lowest BCUT2D eigenvalue weighted by Gasteiger charge is -2.20. The molecular formula is C26H26ClN3O3. The number of hydrogen-bond acceptors (Lipinski definition) is 4. The van der Waals surface area contributed by atoms with E-state index < -0.39 is 0 Å².